The van der Waals surface area contributed by atoms with Gasteiger partial charge in [-0.05, 0) is 6.07 Å². The molecule has 0 bridgehead atoms. The van der Waals surface area contributed by atoms with Crippen LogP contribution in [0.15, 0.2) is 24.3 Å². The second kappa shape index (κ2) is 5.27. The van der Waals surface area contributed by atoms with E-state index in [1.54, 1.807) is 0 Å². The average Bonchev–Trinajstić information content (AvgIpc) is 2.76. The van der Waals surface area contributed by atoms with E-state index in [0.717, 1.165) is 11.3 Å². The molecule has 0 unspecified atom stereocenters. The Labute approximate surface area is 109 Å². The number of nitrogens with one attached hydrogen (secondary N) is 1. The summed E-state index contributed by atoms with van der Waals surface area (Å²) in [6.45, 7) is 0.0119. The van der Waals surface area contributed by atoms with Crippen LogP contribution in [0.1, 0.15) is 4.88 Å². The van der Waals surface area contributed by atoms with Crippen LogP contribution < -0.4 is 5.32 Å². The maximum atomic E-state index is 13.3. The molecule has 0 aliphatic rings. The van der Waals surface area contributed by atoms with Gasteiger partial charge in [0.25, 0.3) is 0 Å². The second-order valence-electron chi connectivity index (χ2n) is 3.60. The minimum absolute atomic E-state index is 0.0119. The SMILES string of the molecule is O=[N+]([O-])c1ccc(CNc2c(F)cc(F)cc2F)s1. The summed E-state index contributed by atoms with van der Waals surface area (Å²) in [6, 6.07) is 3.90. The lowest BCUT2D eigenvalue weighted by molar-refractivity contribution is -0.380. The zero-order valence-electron chi connectivity index (χ0n) is 9.32. The third kappa shape index (κ3) is 3.02. The summed E-state index contributed by atoms with van der Waals surface area (Å²) in [4.78, 5) is 10.5. The number of anilines is 1. The molecule has 1 aromatic heterocycles. The number of hydrogen-bond donors (Lipinski definition) is 1. The normalized spacial score (nSPS) is 10.5. The molecule has 0 fully saturated rings. The highest BCUT2D eigenvalue weighted by Gasteiger charge is 2.13. The van der Waals surface area contributed by atoms with Crippen LogP contribution in [0, 0.1) is 27.6 Å². The number of nitrogens with zero attached hydrogens (tertiary/aromatic N) is 1. The predicted octanol–water partition coefficient (Wildman–Crippen LogP) is 3.69. The van der Waals surface area contributed by atoms with Gasteiger partial charge in [-0.15, -0.1) is 0 Å². The van der Waals surface area contributed by atoms with Gasteiger partial charge in [-0.2, -0.15) is 0 Å². The highest BCUT2D eigenvalue weighted by Crippen LogP contribution is 2.26. The van der Waals surface area contributed by atoms with Gasteiger partial charge in [0.15, 0.2) is 11.6 Å². The zero-order valence-corrected chi connectivity index (χ0v) is 10.1. The monoisotopic (exact) mass is 288 g/mol. The van der Waals surface area contributed by atoms with Crippen molar-refractivity contribution in [1.82, 2.24) is 0 Å². The minimum atomic E-state index is -1.05. The molecule has 0 saturated heterocycles. The first-order valence-electron chi connectivity index (χ1n) is 5.09. The van der Waals surface area contributed by atoms with E-state index in [0.29, 0.717) is 17.0 Å². The Morgan fingerprint density at radius 2 is 1.84 bits per heavy atom. The fourth-order valence-electron chi connectivity index (χ4n) is 1.45. The van der Waals surface area contributed by atoms with Crippen molar-refractivity contribution in [2.75, 3.05) is 5.32 Å². The first kappa shape index (κ1) is 13.3. The molecule has 0 radical (unpaired) electrons. The zero-order chi connectivity index (χ0) is 14.0. The molecule has 0 saturated carbocycles. The smallest absolute Gasteiger partial charge is 0.324 e. The average molecular weight is 288 g/mol. The summed E-state index contributed by atoms with van der Waals surface area (Å²) < 4.78 is 39.3. The van der Waals surface area contributed by atoms with E-state index in [1.807, 2.05) is 0 Å². The Hall–Kier alpha value is -2.09. The number of thiophene rings is 1. The van der Waals surface area contributed by atoms with E-state index in [9.17, 15) is 23.3 Å². The molecular weight excluding hydrogens is 281 g/mol. The van der Waals surface area contributed by atoms with Crippen molar-refractivity contribution in [2.45, 2.75) is 6.54 Å². The standard InChI is InChI=1S/C11H7F3N2O2S/c12-6-3-8(13)11(9(14)4-6)15-5-7-1-2-10(19-7)16(17)18/h1-4,15H,5H2. The van der Waals surface area contributed by atoms with Crippen LogP contribution in [0.5, 0.6) is 0 Å². The Morgan fingerprint density at radius 1 is 1.21 bits per heavy atom. The third-order valence-corrected chi connectivity index (χ3v) is 3.31. The van der Waals surface area contributed by atoms with Crippen molar-refractivity contribution in [3.63, 3.8) is 0 Å². The van der Waals surface area contributed by atoms with Crippen LogP contribution in [0.4, 0.5) is 23.9 Å². The van der Waals surface area contributed by atoms with Crippen LogP contribution in [0.25, 0.3) is 0 Å². The van der Waals surface area contributed by atoms with Crippen LogP contribution in [0.3, 0.4) is 0 Å². The molecular formula is C11H7F3N2O2S. The fraction of sp³-hybridized carbons (Fsp3) is 0.0909. The summed E-state index contributed by atoms with van der Waals surface area (Å²) in [5.41, 5.74) is -0.461. The number of halogens is 3. The molecule has 8 heteroatoms. The first-order chi connectivity index (χ1) is 8.97. The molecule has 100 valence electrons. The number of rotatable bonds is 4. The second-order valence-corrected chi connectivity index (χ2v) is 4.74. The van der Waals surface area contributed by atoms with Gasteiger partial charge >= 0.3 is 5.00 Å². The molecule has 0 atom stereocenters. The maximum absolute atomic E-state index is 13.3. The van der Waals surface area contributed by atoms with Crippen molar-refractivity contribution < 1.29 is 18.1 Å². The highest BCUT2D eigenvalue weighted by molar-refractivity contribution is 7.15. The van der Waals surface area contributed by atoms with Crippen molar-refractivity contribution in [3.05, 3.63) is 56.7 Å². The Balaban J connectivity index is 2.12. The Morgan fingerprint density at radius 3 is 2.37 bits per heavy atom. The topological polar surface area (TPSA) is 55.2 Å². The molecule has 1 heterocycles. The lowest BCUT2D eigenvalue weighted by Gasteiger charge is -2.07. The van der Waals surface area contributed by atoms with Gasteiger partial charge in [0.2, 0.25) is 0 Å². The van der Waals surface area contributed by atoms with E-state index in [-0.39, 0.29) is 11.5 Å². The lowest BCUT2D eigenvalue weighted by Crippen LogP contribution is -2.03. The molecule has 0 amide bonds. The molecule has 2 aromatic rings. The van der Waals surface area contributed by atoms with Gasteiger partial charge in [0.1, 0.15) is 11.5 Å². The summed E-state index contributed by atoms with van der Waals surface area (Å²) in [5.74, 6) is -3.11. The molecule has 0 aliphatic carbocycles. The quantitative estimate of drug-likeness (QED) is 0.689. The summed E-state index contributed by atoms with van der Waals surface area (Å²) >= 11 is 0.895. The third-order valence-electron chi connectivity index (χ3n) is 2.27. The van der Waals surface area contributed by atoms with E-state index < -0.39 is 28.1 Å². The number of benzene rings is 1. The summed E-state index contributed by atoms with van der Waals surface area (Å²) in [6.07, 6.45) is 0. The predicted molar refractivity (Wildman–Crippen MR) is 64.6 cm³/mol. The number of nitro groups is 1. The molecule has 19 heavy (non-hydrogen) atoms. The van der Waals surface area contributed by atoms with Gasteiger partial charge < -0.3 is 5.32 Å². The van der Waals surface area contributed by atoms with E-state index >= 15 is 0 Å². The molecule has 4 nitrogen and oxygen atoms in total. The van der Waals surface area contributed by atoms with Crippen molar-refractivity contribution in [1.29, 1.82) is 0 Å². The van der Waals surface area contributed by atoms with Crippen LogP contribution >= 0.6 is 11.3 Å². The van der Waals surface area contributed by atoms with Gasteiger partial charge in [0, 0.05) is 29.6 Å². The van der Waals surface area contributed by atoms with Crippen molar-refractivity contribution >= 4 is 22.0 Å². The highest BCUT2D eigenvalue weighted by atomic mass is 32.1. The largest absolute Gasteiger partial charge is 0.375 e. The van der Waals surface area contributed by atoms with Crippen molar-refractivity contribution in [3.8, 4) is 0 Å². The first-order valence-corrected chi connectivity index (χ1v) is 5.90. The molecule has 1 aromatic carbocycles. The molecule has 1 N–H and O–H groups in total. The van der Waals surface area contributed by atoms with Gasteiger partial charge in [0.05, 0.1) is 4.92 Å². The van der Waals surface area contributed by atoms with Crippen LogP contribution in [0.2, 0.25) is 0 Å². The van der Waals surface area contributed by atoms with Crippen LogP contribution in [-0.2, 0) is 6.54 Å². The van der Waals surface area contributed by atoms with E-state index in [2.05, 4.69) is 5.32 Å². The number of hydrogen-bond acceptors (Lipinski definition) is 4. The summed E-state index contributed by atoms with van der Waals surface area (Å²) in [5, 5.41) is 12.9. The maximum Gasteiger partial charge on any atom is 0.324 e. The minimum Gasteiger partial charge on any atom is -0.375 e. The van der Waals surface area contributed by atoms with E-state index in [1.165, 1.54) is 12.1 Å². The molecule has 0 spiro atoms. The van der Waals surface area contributed by atoms with E-state index in [4.69, 9.17) is 0 Å². The molecule has 0 aliphatic heterocycles. The molecule has 2 rings (SSSR count). The Kier molecular flexibility index (Phi) is 3.70. The van der Waals surface area contributed by atoms with Gasteiger partial charge in [-0.3, -0.25) is 10.1 Å². The Bertz CT molecular complexity index is 607. The fourth-order valence-corrected chi connectivity index (χ4v) is 2.21. The van der Waals surface area contributed by atoms with Gasteiger partial charge in [-0.1, -0.05) is 11.3 Å². The lowest BCUT2D eigenvalue weighted by atomic mass is 10.2. The van der Waals surface area contributed by atoms with Crippen molar-refractivity contribution in [2.24, 2.45) is 0 Å². The summed E-state index contributed by atoms with van der Waals surface area (Å²) in [7, 11) is 0. The van der Waals surface area contributed by atoms with Gasteiger partial charge in [-0.25, -0.2) is 13.2 Å². The van der Waals surface area contributed by atoms with Crippen LogP contribution in [-0.4, -0.2) is 4.92 Å².